The molecule has 2 aliphatic rings. The summed E-state index contributed by atoms with van der Waals surface area (Å²) in [7, 11) is 0. The van der Waals surface area contributed by atoms with Crippen molar-refractivity contribution in [2.75, 3.05) is 19.0 Å². The van der Waals surface area contributed by atoms with Gasteiger partial charge in [0.25, 0.3) is 0 Å². The fraction of sp³-hybridized carbons (Fsp3) is 0.625. The van der Waals surface area contributed by atoms with Crippen LogP contribution in [0.25, 0.3) is 0 Å². The number of rotatable bonds is 5. The van der Waals surface area contributed by atoms with Crippen LogP contribution >= 0.6 is 11.6 Å². The van der Waals surface area contributed by atoms with Crippen LogP contribution in [0.3, 0.4) is 0 Å². The maximum absolute atomic E-state index is 6.07. The molecule has 1 atom stereocenters. The van der Waals surface area contributed by atoms with E-state index in [1.807, 2.05) is 0 Å². The molecule has 0 saturated heterocycles. The van der Waals surface area contributed by atoms with Crippen LogP contribution in [0, 0.1) is 6.92 Å². The summed E-state index contributed by atoms with van der Waals surface area (Å²) in [5.74, 6) is 1.80. The molecule has 3 heteroatoms. The monoisotopic (exact) mass is 279 g/mol. The zero-order valence-electron chi connectivity index (χ0n) is 11.6. The van der Waals surface area contributed by atoms with Gasteiger partial charge in [-0.1, -0.05) is 24.1 Å². The first-order valence-electron chi connectivity index (χ1n) is 7.32. The predicted molar refractivity (Wildman–Crippen MR) is 79.2 cm³/mol. The summed E-state index contributed by atoms with van der Waals surface area (Å²) >= 11 is 5.93. The number of ether oxygens (including phenoxy) is 1. The van der Waals surface area contributed by atoms with Gasteiger partial charge in [-0.25, -0.2) is 0 Å². The third-order valence-electron chi connectivity index (χ3n) is 4.36. The van der Waals surface area contributed by atoms with Gasteiger partial charge in [0, 0.05) is 31.4 Å². The Kier molecular flexibility index (Phi) is 3.99. The van der Waals surface area contributed by atoms with Gasteiger partial charge >= 0.3 is 0 Å². The van der Waals surface area contributed by atoms with Crippen molar-refractivity contribution in [1.82, 2.24) is 4.90 Å². The Morgan fingerprint density at radius 3 is 2.89 bits per heavy atom. The van der Waals surface area contributed by atoms with Gasteiger partial charge in [0.2, 0.25) is 0 Å². The van der Waals surface area contributed by atoms with Crippen molar-refractivity contribution in [3.05, 3.63) is 29.3 Å². The zero-order chi connectivity index (χ0) is 13.2. The Bertz CT molecular complexity index is 444. The van der Waals surface area contributed by atoms with Gasteiger partial charge in [-0.2, -0.15) is 0 Å². The van der Waals surface area contributed by atoms with E-state index in [2.05, 4.69) is 30.0 Å². The Labute approximate surface area is 120 Å². The fourth-order valence-electron chi connectivity index (χ4n) is 3.10. The number of hydrogen-bond acceptors (Lipinski definition) is 2. The largest absolute Gasteiger partial charge is 0.488 e. The first-order valence-corrected chi connectivity index (χ1v) is 7.86. The summed E-state index contributed by atoms with van der Waals surface area (Å²) in [5.41, 5.74) is 2.68. The molecule has 1 heterocycles. The minimum atomic E-state index is 0.306. The SMILES string of the molecule is Cc1ccc2c(c1)CC(CN(CCCl)C1CCC1)O2. The second kappa shape index (κ2) is 5.72. The molecule has 1 aliphatic carbocycles. The molecule has 0 aromatic heterocycles. The molecule has 1 aromatic carbocycles. The van der Waals surface area contributed by atoms with Gasteiger partial charge in [0.05, 0.1) is 0 Å². The molecular formula is C16H22ClNO. The molecular weight excluding hydrogens is 258 g/mol. The van der Waals surface area contributed by atoms with Crippen molar-refractivity contribution in [2.45, 2.75) is 44.8 Å². The molecule has 1 aliphatic heterocycles. The van der Waals surface area contributed by atoms with Gasteiger partial charge in [-0.15, -0.1) is 11.6 Å². The van der Waals surface area contributed by atoms with E-state index >= 15 is 0 Å². The number of hydrogen-bond donors (Lipinski definition) is 0. The highest BCUT2D eigenvalue weighted by atomic mass is 35.5. The lowest BCUT2D eigenvalue weighted by Crippen LogP contribution is -2.46. The van der Waals surface area contributed by atoms with E-state index in [0.29, 0.717) is 6.10 Å². The van der Waals surface area contributed by atoms with Crippen molar-refractivity contribution >= 4 is 11.6 Å². The lowest BCUT2D eigenvalue weighted by atomic mass is 9.91. The van der Waals surface area contributed by atoms with Gasteiger partial charge < -0.3 is 4.74 Å². The minimum absolute atomic E-state index is 0.306. The molecule has 1 fully saturated rings. The second-order valence-electron chi connectivity index (χ2n) is 5.82. The molecule has 1 unspecified atom stereocenters. The maximum Gasteiger partial charge on any atom is 0.123 e. The highest BCUT2D eigenvalue weighted by Crippen LogP contribution is 2.31. The average Bonchev–Trinajstić information content (AvgIpc) is 2.68. The minimum Gasteiger partial charge on any atom is -0.488 e. The molecule has 1 aromatic rings. The van der Waals surface area contributed by atoms with Crippen LogP contribution < -0.4 is 4.74 Å². The Balaban J connectivity index is 1.62. The third-order valence-corrected chi connectivity index (χ3v) is 4.53. The van der Waals surface area contributed by atoms with E-state index in [0.717, 1.165) is 37.2 Å². The molecule has 0 N–H and O–H groups in total. The van der Waals surface area contributed by atoms with E-state index in [1.165, 1.54) is 30.4 Å². The number of halogens is 1. The number of nitrogens with zero attached hydrogens (tertiary/aromatic N) is 1. The first kappa shape index (κ1) is 13.3. The summed E-state index contributed by atoms with van der Waals surface area (Å²) < 4.78 is 6.07. The van der Waals surface area contributed by atoms with Crippen molar-refractivity contribution in [1.29, 1.82) is 0 Å². The lowest BCUT2D eigenvalue weighted by Gasteiger charge is -2.38. The standard InChI is InChI=1S/C16H22ClNO/c1-12-5-6-16-13(9-12)10-15(19-16)11-18(8-7-17)14-3-2-4-14/h5-6,9,14-15H,2-4,7-8,10-11H2,1H3. The summed E-state index contributed by atoms with van der Waals surface area (Å²) in [6.07, 6.45) is 5.38. The first-order chi connectivity index (χ1) is 9.26. The summed E-state index contributed by atoms with van der Waals surface area (Å²) in [6.45, 7) is 4.15. The maximum atomic E-state index is 6.07. The quantitative estimate of drug-likeness (QED) is 0.766. The van der Waals surface area contributed by atoms with Gasteiger partial charge in [0.15, 0.2) is 0 Å². The fourth-order valence-corrected chi connectivity index (χ4v) is 3.31. The molecule has 0 amide bonds. The van der Waals surface area contributed by atoms with E-state index in [9.17, 15) is 0 Å². The molecule has 1 saturated carbocycles. The van der Waals surface area contributed by atoms with E-state index in [-0.39, 0.29) is 0 Å². The topological polar surface area (TPSA) is 12.5 Å². The Hall–Kier alpha value is -0.730. The van der Waals surface area contributed by atoms with Crippen molar-refractivity contribution in [2.24, 2.45) is 0 Å². The van der Waals surface area contributed by atoms with Crippen LogP contribution in [0.1, 0.15) is 30.4 Å². The van der Waals surface area contributed by atoms with Crippen LogP contribution in [-0.2, 0) is 6.42 Å². The molecule has 104 valence electrons. The Morgan fingerprint density at radius 2 is 2.21 bits per heavy atom. The smallest absolute Gasteiger partial charge is 0.123 e. The van der Waals surface area contributed by atoms with E-state index in [1.54, 1.807) is 0 Å². The summed E-state index contributed by atoms with van der Waals surface area (Å²) in [6, 6.07) is 7.24. The highest BCUT2D eigenvalue weighted by molar-refractivity contribution is 6.18. The highest BCUT2D eigenvalue weighted by Gasteiger charge is 2.30. The molecule has 0 radical (unpaired) electrons. The number of aryl methyl sites for hydroxylation is 1. The average molecular weight is 280 g/mol. The van der Waals surface area contributed by atoms with E-state index < -0.39 is 0 Å². The number of benzene rings is 1. The predicted octanol–water partition coefficient (Wildman–Crippen LogP) is 3.39. The molecule has 0 bridgehead atoms. The van der Waals surface area contributed by atoms with Crippen LogP contribution in [0.15, 0.2) is 18.2 Å². The van der Waals surface area contributed by atoms with Crippen LogP contribution in [0.2, 0.25) is 0 Å². The summed E-state index contributed by atoms with van der Waals surface area (Å²) in [5, 5.41) is 0. The van der Waals surface area contributed by atoms with Crippen LogP contribution in [0.4, 0.5) is 0 Å². The van der Waals surface area contributed by atoms with Crippen molar-refractivity contribution < 1.29 is 4.74 Å². The molecule has 2 nitrogen and oxygen atoms in total. The van der Waals surface area contributed by atoms with Gasteiger partial charge in [0.1, 0.15) is 11.9 Å². The molecule has 3 rings (SSSR count). The molecule has 19 heavy (non-hydrogen) atoms. The normalized spacial score (nSPS) is 22.2. The molecule has 0 spiro atoms. The zero-order valence-corrected chi connectivity index (χ0v) is 12.3. The number of alkyl halides is 1. The van der Waals surface area contributed by atoms with E-state index in [4.69, 9.17) is 16.3 Å². The summed E-state index contributed by atoms with van der Waals surface area (Å²) in [4.78, 5) is 2.53. The Morgan fingerprint density at radius 1 is 1.37 bits per heavy atom. The number of fused-ring (bicyclic) bond motifs is 1. The van der Waals surface area contributed by atoms with Gasteiger partial charge in [-0.05, 0) is 31.4 Å². The lowest BCUT2D eigenvalue weighted by molar-refractivity contribution is 0.0840. The van der Waals surface area contributed by atoms with Crippen molar-refractivity contribution in [3.63, 3.8) is 0 Å². The second-order valence-corrected chi connectivity index (χ2v) is 6.20. The van der Waals surface area contributed by atoms with Crippen LogP contribution in [0.5, 0.6) is 5.75 Å². The van der Waals surface area contributed by atoms with Crippen LogP contribution in [-0.4, -0.2) is 36.0 Å². The van der Waals surface area contributed by atoms with Crippen molar-refractivity contribution in [3.8, 4) is 5.75 Å². The third kappa shape index (κ3) is 2.90. The van der Waals surface area contributed by atoms with Gasteiger partial charge in [-0.3, -0.25) is 4.90 Å².